The van der Waals surface area contributed by atoms with Gasteiger partial charge in [0.1, 0.15) is 0 Å². The Hall–Kier alpha value is -2.23. The smallest absolute Gasteiger partial charge is 0.222 e. The van der Waals surface area contributed by atoms with E-state index in [9.17, 15) is 4.79 Å². The summed E-state index contributed by atoms with van der Waals surface area (Å²) in [5, 5.41) is 2.91. The predicted octanol–water partition coefficient (Wildman–Crippen LogP) is 2.42. The van der Waals surface area contributed by atoms with Gasteiger partial charge in [0.25, 0.3) is 0 Å². The monoisotopic (exact) mass is 255 g/mol. The summed E-state index contributed by atoms with van der Waals surface area (Å²) in [5.41, 5.74) is 2.81. The predicted molar refractivity (Wildman–Crippen MR) is 74.2 cm³/mol. The summed E-state index contributed by atoms with van der Waals surface area (Å²) in [6, 6.07) is 7.68. The highest BCUT2D eigenvalue weighted by Crippen LogP contribution is 2.19. The number of nitrogens with one attached hydrogen (secondary N) is 1. The van der Waals surface area contributed by atoms with Gasteiger partial charge in [0.05, 0.1) is 5.69 Å². The number of hydrogen-bond donors (Lipinski definition) is 1. The Morgan fingerprint density at radius 2 is 2.05 bits per heavy atom. The molecule has 1 amide bonds. The van der Waals surface area contributed by atoms with Crippen LogP contribution in [0.5, 0.6) is 0 Å². The molecule has 0 spiro atoms. The van der Waals surface area contributed by atoms with Crippen molar-refractivity contribution in [2.45, 2.75) is 20.4 Å². The Morgan fingerprint density at radius 3 is 2.74 bits per heavy atom. The molecule has 98 valence electrons. The first-order valence-electron chi connectivity index (χ1n) is 6.30. The standard InChI is InChI=1S/C15H17N3O/c1-11(2)15(19)18-10-13-6-4-8-17-14(13)12-5-3-7-16-9-12/h3-9,11H,10H2,1-2H3,(H,18,19). The first-order valence-corrected chi connectivity index (χ1v) is 6.30. The highest BCUT2D eigenvalue weighted by molar-refractivity contribution is 5.78. The van der Waals surface area contributed by atoms with Crippen LogP contribution in [0.15, 0.2) is 42.9 Å². The van der Waals surface area contributed by atoms with Gasteiger partial charge in [-0.2, -0.15) is 0 Å². The number of amides is 1. The maximum atomic E-state index is 11.6. The molecule has 19 heavy (non-hydrogen) atoms. The lowest BCUT2D eigenvalue weighted by molar-refractivity contribution is -0.124. The third-order valence-electron chi connectivity index (χ3n) is 2.80. The molecule has 1 N–H and O–H groups in total. The third-order valence-corrected chi connectivity index (χ3v) is 2.80. The number of aromatic nitrogens is 2. The zero-order valence-electron chi connectivity index (χ0n) is 11.1. The zero-order chi connectivity index (χ0) is 13.7. The minimum Gasteiger partial charge on any atom is -0.352 e. The van der Waals surface area contributed by atoms with Gasteiger partial charge >= 0.3 is 0 Å². The maximum absolute atomic E-state index is 11.6. The lowest BCUT2D eigenvalue weighted by Gasteiger charge is -2.11. The van der Waals surface area contributed by atoms with E-state index in [4.69, 9.17) is 0 Å². The number of pyridine rings is 2. The highest BCUT2D eigenvalue weighted by Gasteiger charge is 2.09. The molecule has 2 rings (SSSR count). The van der Waals surface area contributed by atoms with Gasteiger partial charge in [-0.1, -0.05) is 19.9 Å². The van der Waals surface area contributed by atoms with Crippen molar-refractivity contribution in [1.82, 2.24) is 15.3 Å². The van der Waals surface area contributed by atoms with Gasteiger partial charge < -0.3 is 5.32 Å². The van der Waals surface area contributed by atoms with Crippen molar-refractivity contribution in [3.8, 4) is 11.3 Å². The maximum Gasteiger partial charge on any atom is 0.222 e. The van der Waals surface area contributed by atoms with E-state index in [2.05, 4.69) is 15.3 Å². The third kappa shape index (κ3) is 3.37. The van der Waals surface area contributed by atoms with Crippen molar-refractivity contribution in [2.75, 3.05) is 0 Å². The van der Waals surface area contributed by atoms with Gasteiger partial charge in [0.2, 0.25) is 5.91 Å². The van der Waals surface area contributed by atoms with Crippen LogP contribution >= 0.6 is 0 Å². The molecule has 0 atom stereocenters. The van der Waals surface area contributed by atoms with Crippen LogP contribution in [0.3, 0.4) is 0 Å². The zero-order valence-corrected chi connectivity index (χ0v) is 11.1. The summed E-state index contributed by atoms with van der Waals surface area (Å²) in [6.07, 6.45) is 5.25. The van der Waals surface area contributed by atoms with Crippen LogP contribution in [-0.4, -0.2) is 15.9 Å². The van der Waals surface area contributed by atoms with E-state index in [0.29, 0.717) is 6.54 Å². The van der Waals surface area contributed by atoms with Crippen LogP contribution in [0.4, 0.5) is 0 Å². The molecule has 0 aromatic carbocycles. The molecule has 0 unspecified atom stereocenters. The van der Waals surface area contributed by atoms with Crippen molar-refractivity contribution < 1.29 is 4.79 Å². The molecule has 2 aromatic heterocycles. The minimum absolute atomic E-state index is 0.0153. The second-order valence-electron chi connectivity index (χ2n) is 4.63. The van der Waals surface area contributed by atoms with Gasteiger partial charge in [0.15, 0.2) is 0 Å². The average Bonchev–Trinajstić information content (AvgIpc) is 2.46. The van der Waals surface area contributed by atoms with Crippen LogP contribution in [0.2, 0.25) is 0 Å². The number of hydrogen-bond acceptors (Lipinski definition) is 3. The molecule has 0 saturated heterocycles. The van der Waals surface area contributed by atoms with Crippen molar-refractivity contribution in [3.63, 3.8) is 0 Å². The van der Waals surface area contributed by atoms with Gasteiger partial charge in [0, 0.05) is 36.6 Å². The van der Waals surface area contributed by atoms with Crippen LogP contribution in [0.25, 0.3) is 11.3 Å². The van der Waals surface area contributed by atoms with Crippen molar-refractivity contribution in [3.05, 3.63) is 48.4 Å². The second kappa shape index (κ2) is 6.09. The Morgan fingerprint density at radius 1 is 1.26 bits per heavy atom. The lowest BCUT2D eigenvalue weighted by Crippen LogP contribution is -2.27. The summed E-state index contributed by atoms with van der Waals surface area (Å²) in [6.45, 7) is 4.23. The molecule has 0 bridgehead atoms. The number of carbonyl (C=O) groups is 1. The van der Waals surface area contributed by atoms with E-state index in [1.807, 2.05) is 38.1 Å². The molecule has 2 aromatic rings. The molecule has 0 aliphatic rings. The van der Waals surface area contributed by atoms with Gasteiger partial charge in [-0.3, -0.25) is 14.8 Å². The van der Waals surface area contributed by atoms with E-state index in [1.165, 1.54) is 0 Å². The van der Waals surface area contributed by atoms with Crippen LogP contribution < -0.4 is 5.32 Å². The van der Waals surface area contributed by atoms with E-state index < -0.39 is 0 Å². The first-order chi connectivity index (χ1) is 9.18. The number of rotatable bonds is 4. The number of carbonyl (C=O) groups excluding carboxylic acids is 1. The van der Waals surface area contributed by atoms with E-state index in [1.54, 1.807) is 18.6 Å². The highest BCUT2D eigenvalue weighted by atomic mass is 16.1. The number of nitrogens with zero attached hydrogens (tertiary/aromatic N) is 2. The normalized spacial score (nSPS) is 10.5. The second-order valence-corrected chi connectivity index (χ2v) is 4.63. The Labute approximate surface area is 112 Å². The summed E-state index contributed by atoms with van der Waals surface area (Å²) >= 11 is 0. The summed E-state index contributed by atoms with van der Waals surface area (Å²) in [4.78, 5) is 20.1. The average molecular weight is 255 g/mol. The minimum atomic E-state index is -0.0153. The molecule has 0 saturated carbocycles. The molecular formula is C15H17N3O. The summed E-state index contributed by atoms with van der Waals surface area (Å²) in [5.74, 6) is 0.0273. The van der Waals surface area contributed by atoms with Crippen LogP contribution in [-0.2, 0) is 11.3 Å². The Kier molecular flexibility index (Phi) is 4.23. The first kappa shape index (κ1) is 13.2. The van der Waals surface area contributed by atoms with E-state index in [0.717, 1.165) is 16.8 Å². The van der Waals surface area contributed by atoms with Gasteiger partial charge in [-0.15, -0.1) is 0 Å². The Balaban J connectivity index is 2.20. The lowest BCUT2D eigenvalue weighted by atomic mass is 10.1. The molecule has 0 aliphatic carbocycles. The quantitative estimate of drug-likeness (QED) is 0.912. The van der Waals surface area contributed by atoms with Crippen LogP contribution in [0.1, 0.15) is 19.4 Å². The molecular weight excluding hydrogens is 238 g/mol. The molecule has 4 heteroatoms. The molecule has 0 aliphatic heterocycles. The molecule has 4 nitrogen and oxygen atoms in total. The topological polar surface area (TPSA) is 54.9 Å². The van der Waals surface area contributed by atoms with Crippen molar-refractivity contribution in [1.29, 1.82) is 0 Å². The fourth-order valence-corrected chi connectivity index (χ4v) is 1.73. The fraction of sp³-hybridized carbons (Fsp3) is 0.267. The van der Waals surface area contributed by atoms with Crippen LogP contribution in [0, 0.1) is 5.92 Å². The SMILES string of the molecule is CC(C)C(=O)NCc1cccnc1-c1cccnc1. The van der Waals surface area contributed by atoms with Gasteiger partial charge in [-0.05, 0) is 23.8 Å². The molecule has 0 radical (unpaired) electrons. The van der Waals surface area contributed by atoms with Gasteiger partial charge in [-0.25, -0.2) is 0 Å². The Bertz CT molecular complexity index is 552. The fourth-order valence-electron chi connectivity index (χ4n) is 1.73. The summed E-state index contributed by atoms with van der Waals surface area (Å²) < 4.78 is 0. The molecule has 0 fully saturated rings. The van der Waals surface area contributed by atoms with Crippen molar-refractivity contribution >= 4 is 5.91 Å². The van der Waals surface area contributed by atoms with E-state index in [-0.39, 0.29) is 11.8 Å². The van der Waals surface area contributed by atoms with E-state index >= 15 is 0 Å². The summed E-state index contributed by atoms with van der Waals surface area (Å²) in [7, 11) is 0. The van der Waals surface area contributed by atoms with Crippen molar-refractivity contribution in [2.24, 2.45) is 5.92 Å². The largest absolute Gasteiger partial charge is 0.352 e. The molecule has 2 heterocycles.